The molecule has 0 aliphatic rings. The minimum Gasteiger partial charge on any atom is -0.501 e. The average Bonchev–Trinajstić information content (AvgIpc) is 3.04. The number of aromatic nitrogens is 2. The second-order valence-corrected chi connectivity index (χ2v) is 7.52. The molecule has 4 N–H and O–H groups in total. The minimum atomic E-state index is -1.53. The monoisotopic (exact) mass is 435 g/mol. The molecule has 1 aromatic carbocycles. The third-order valence-corrected chi connectivity index (χ3v) is 4.91. The second-order valence-electron chi connectivity index (χ2n) is 5.06. The number of aromatic carboxylic acids is 1. The van der Waals surface area contributed by atoms with Crippen LogP contribution in [0.1, 0.15) is 20.2 Å². The van der Waals surface area contributed by atoms with Crippen LogP contribution in [0.2, 0.25) is 0 Å². The summed E-state index contributed by atoms with van der Waals surface area (Å²) in [6, 6.07) is 9.80. The van der Waals surface area contributed by atoms with Gasteiger partial charge in [-0.2, -0.15) is 0 Å². The van der Waals surface area contributed by atoms with Gasteiger partial charge in [0.05, 0.1) is 8.66 Å². The molecule has 2 heterocycles. The van der Waals surface area contributed by atoms with Gasteiger partial charge in [-0.25, -0.2) is 9.78 Å². The molecule has 0 aliphatic heterocycles. The number of halogens is 1. The maximum absolute atomic E-state index is 12.2. The molecule has 0 spiro atoms. The summed E-state index contributed by atoms with van der Waals surface area (Å²) < 4.78 is 0.823. The molecule has 3 rings (SSSR count). The molecule has 2 aromatic heterocycles. The summed E-state index contributed by atoms with van der Waals surface area (Å²) >= 11 is 4.56. The summed E-state index contributed by atoms with van der Waals surface area (Å²) in [6.07, 6.45) is 0. The van der Waals surface area contributed by atoms with Gasteiger partial charge in [-0.1, -0.05) is 12.1 Å². The predicted octanol–water partition coefficient (Wildman–Crippen LogP) is 2.92. The molecule has 1 amide bonds. The molecule has 0 saturated heterocycles. The number of benzene rings is 1. The predicted molar refractivity (Wildman–Crippen MR) is 98.9 cm³/mol. The van der Waals surface area contributed by atoms with Crippen molar-refractivity contribution in [1.29, 1.82) is 0 Å². The van der Waals surface area contributed by atoms with Crippen molar-refractivity contribution in [3.63, 3.8) is 0 Å². The Morgan fingerprint density at radius 3 is 2.65 bits per heavy atom. The van der Waals surface area contributed by atoms with Gasteiger partial charge in [0, 0.05) is 11.3 Å². The van der Waals surface area contributed by atoms with E-state index in [9.17, 15) is 19.5 Å². The highest BCUT2D eigenvalue weighted by atomic mass is 79.9. The summed E-state index contributed by atoms with van der Waals surface area (Å²) in [6.45, 7) is 0. The number of aromatic hydroxyl groups is 1. The lowest BCUT2D eigenvalue weighted by Gasteiger charge is -2.07. The number of anilines is 1. The van der Waals surface area contributed by atoms with E-state index in [1.807, 2.05) is 0 Å². The van der Waals surface area contributed by atoms with Crippen molar-refractivity contribution in [2.75, 3.05) is 5.32 Å². The zero-order valence-electron chi connectivity index (χ0n) is 12.8. The minimum absolute atomic E-state index is 0.0415. The van der Waals surface area contributed by atoms with Crippen molar-refractivity contribution >= 4 is 44.8 Å². The molecule has 132 valence electrons. The standard InChI is InChI=1S/C16H10BrN3O5S/c17-10-5-4-9(26-10)14(22)18-8-3-1-2-7(6-8)13-19-11(16(24)25)12(21)15(23)20-13/h1-6,21H,(H,18,22)(H,24,25)(H,19,20,23). The Morgan fingerprint density at radius 2 is 2.00 bits per heavy atom. The molecule has 0 radical (unpaired) electrons. The number of carboxylic acid groups (broad SMARTS) is 1. The maximum Gasteiger partial charge on any atom is 0.358 e. The summed E-state index contributed by atoms with van der Waals surface area (Å²) in [7, 11) is 0. The van der Waals surface area contributed by atoms with E-state index in [0.717, 1.165) is 3.79 Å². The number of carbonyl (C=O) groups excluding carboxylic acids is 1. The number of H-pyrrole nitrogens is 1. The highest BCUT2D eigenvalue weighted by molar-refractivity contribution is 9.11. The molecule has 0 atom stereocenters. The van der Waals surface area contributed by atoms with Crippen LogP contribution in [0.5, 0.6) is 5.75 Å². The van der Waals surface area contributed by atoms with Gasteiger partial charge in [0.15, 0.2) is 5.69 Å². The topological polar surface area (TPSA) is 132 Å². The van der Waals surface area contributed by atoms with Gasteiger partial charge < -0.3 is 20.5 Å². The fourth-order valence-corrected chi connectivity index (χ4v) is 3.41. The van der Waals surface area contributed by atoms with E-state index in [1.165, 1.54) is 17.4 Å². The molecule has 0 unspecified atom stereocenters. The molecule has 0 aliphatic carbocycles. The number of hydrogen-bond donors (Lipinski definition) is 4. The van der Waals surface area contributed by atoms with Crippen LogP contribution in [-0.2, 0) is 0 Å². The van der Waals surface area contributed by atoms with Gasteiger partial charge in [-0.15, -0.1) is 11.3 Å². The van der Waals surface area contributed by atoms with E-state index in [0.29, 0.717) is 16.1 Å². The third-order valence-electron chi connectivity index (χ3n) is 3.29. The first-order chi connectivity index (χ1) is 12.3. The van der Waals surface area contributed by atoms with Gasteiger partial charge in [-0.3, -0.25) is 9.59 Å². The van der Waals surface area contributed by atoms with Crippen molar-refractivity contribution in [3.8, 4) is 17.1 Å². The van der Waals surface area contributed by atoms with Crippen molar-refractivity contribution in [2.45, 2.75) is 0 Å². The summed E-state index contributed by atoms with van der Waals surface area (Å²) in [4.78, 5) is 41.6. The smallest absolute Gasteiger partial charge is 0.358 e. The van der Waals surface area contributed by atoms with Crippen LogP contribution in [0.4, 0.5) is 5.69 Å². The Morgan fingerprint density at radius 1 is 1.23 bits per heavy atom. The van der Waals surface area contributed by atoms with Gasteiger partial charge in [0.1, 0.15) is 5.82 Å². The van der Waals surface area contributed by atoms with Crippen LogP contribution in [0, 0.1) is 0 Å². The number of aromatic amines is 1. The first kappa shape index (κ1) is 17.8. The van der Waals surface area contributed by atoms with Crippen LogP contribution in [-0.4, -0.2) is 32.1 Å². The van der Waals surface area contributed by atoms with Crippen molar-refractivity contribution < 1.29 is 19.8 Å². The Kier molecular flexibility index (Phi) is 4.87. The Labute approximate surface area is 158 Å². The highest BCUT2D eigenvalue weighted by Crippen LogP contribution is 2.24. The summed E-state index contributed by atoms with van der Waals surface area (Å²) in [5.74, 6) is -2.84. The van der Waals surface area contributed by atoms with Crippen LogP contribution >= 0.6 is 27.3 Å². The van der Waals surface area contributed by atoms with Crippen LogP contribution < -0.4 is 10.9 Å². The van der Waals surface area contributed by atoms with E-state index >= 15 is 0 Å². The molecular weight excluding hydrogens is 426 g/mol. The summed E-state index contributed by atoms with van der Waals surface area (Å²) in [5.41, 5.74) is -0.911. The number of carboxylic acids is 1. The first-order valence-electron chi connectivity index (χ1n) is 7.09. The number of amides is 1. The number of hydrogen-bond acceptors (Lipinski definition) is 6. The number of thiophene rings is 1. The van der Waals surface area contributed by atoms with Gasteiger partial charge in [0.2, 0.25) is 5.75 Å². The van der Waals surface area contributed by atoms with Crippen molar-refractivity contribution in [1.82, 2.24) is 9.97 Å². The fraction of sp³-hybridized carbons (Fsp3) is 0. The Balaban J connectivity index is 1.94. The second kappa shape index (κ2) is 7.10. The zero-order valence-corrected chi connectivity index (χ0v) is 15.2. The zero-order chi connectivity index (χ0) is 18.8. The van der Waals surface area contributed by atoms with E-state index in [4.69, 9.17) is 5.11 Å². The van der Waals surface area contributed by atoms with Crippen LogP contribution in [0.25, 0.3) is 11.4 Å². The quantitative estimate of drug-likeness (QED) is 0.497. The molecule has 0 saturated carbocycles. The normalized spacial score (nSPS) is 10.5. The molecular formula is C16H10BrN3O5S. The van der Waals surface area contributed by atoms with Crippen molar-refractivity contribution in [2.24, 2.45) is 0 Å². The number of nitrogens with one attached hydrogen (secondary N) is 2. The van der Waals surface area contributed by atoms with Crippen molar-refractivity contribution in [3.05, 3.63) is 61.1 Å². The van der Waals surface area contributed by atoms with E-state index in [2.05, 4.69) is 31.2 Å². The number of rotatable bonds is 4. The Bertz CT molecular complexity index is 1080. The maximum atomic E-state index is 12.2. The van der Waals surface area contributed by atoms with E-state index in [-0.39, 0.29) is 11.7 Å². The van der Waals surface area contributed by atoms with Gasteiger partial charge >= 0.3 is 5.97 Å². The molecule has 26 heavy (non-hydrogen) atoms. The lowest BCUT2D eigenvalue weighted by molar-refractivity contribution is 0.0686. The molecule has 8 nitrogen and oxygen atoms in total. The van der Waals surface area contributed by atoms with Crippen LogP contribution in [0.15, 0.2) is 45.0 Å². The summed E-state index contributed by atoms with van der Waals surface area (Å²) in [5, 5.41) is 21.2. The number of carbonyl (C=O) groups is 2. The molecule has 0 fully saturated rings. The molecule has 0 bridgehead atoms. The highest BCUT2D eigenvalue weighted by Gasteiger charge is 2.18. The van der Waals surface area contributed by atoms with E-state index < -0.39 is 23.0 Å². The van der Waals surface area contributed by atoms with E-state index in [1.54, 1.807) is 30.3 Å². The lowest BCUT2D eigenvalue weighted by Crippen LogP contribution is -2.15. The van der Waals surface area contributed by atoms with Crippen LogP contribution in [0.3, 0.4) is 0 Å². The molecule has 3 aromatic rings. The number of nitrogens with zero attached hydrogens (tertiary/aromatic N) is 1. The fourth-order valence-electron chi connectivity index (χ4n) is 2.13. The van der Waals surface area contributed by atoms with Gasteiger partial charge in [-0.05, 0) is 40.2 Å². The van der Waals surface area contributed by atoms with Gasteiger partial charge in [0.25, 0.3) is 11.5 Å². The Hall–Kier alpha value is -2.98. The lowest BCUT2D eigenvalue weighted by atomic mass is 10.1. The third kappa shape index (κ3) is 3.65. The largest absolute Gasteiger partial charge is 0.501 e. The SMILES string of the molecule is O=C(Nc1cccc(-c2nc(C(=O)O)c(O)c(=O)[nH]2)c1)c1ccc(Br)s1. The first-order valence-corrected chi connectivity index (χ1v) is 8.70. The average molecular weight is 436 g/mol. The molecule has 10 heteroatoms.